The van der Waals surface area contributed by atoms with Crippen LogP contribution in [0.15, 0.2) is 36.4 Å². The Hall–Kier alpha value is -2.60. The third kappa shape index (κ3) is 5.01. The maximum Gasteiger partial charge on any atom is 0.255 e. The molecule has 6 heteroatoms. The average molecular weight is 423 g/mol. The van der Waals surface area contributed by atoms with E-state index in [4.69, 9.17) is 0 Å². The molecule has 0 aliphatic carbocycles. The number of aromatic nitrogens is 1. The number of carbonyl (C=O) groups is 2. The fourth-order valence-corrected chi connectivity index (χ4v) is 4.79. The second kappa shape index (κ2) is 9.69. The van der Waals surface area contributed by atoms with Crippen LogP contribution in [0.3, 0.4) is 0 Å². The number of carbonyl (C=O) groups excluding carboxylic acids is 2. The van der Waals surface area contributed by atoms with E-state index in [2.05, 4.69) is 28.5 Å². The summed E-state index contributed by atoms with van der Waals surface area (Å²) in [5.74, 6) is 0.349. The summed E-state index contributed by atoms with van der Waals surface area (Å²) in [5.41, 5.74) is 4.17. The van der Waals surface area contributed by atoms with Gasteiger partial charge in [-0.1, -0.05) is 30.3 Å². The molecule has 2 aliphatic heterocycles. The lowest BCUT2D eigenvalue weighted by Crippen LogP contribution is -2.41. The quantitative estimate of drug-likeness (QED) is 0.744. The predicted molar refractivity (Wildman–Crippen MR) is 122 cm³/mol. The molecule has 2 amide bonds. The van der Waals surface area contributed by atoms with Gasteiger partial charge in [0, 0.05) is 57.2 Å². The van der Waals surface area contributed by atoms with Crippen molar-refractivity contribution in [3.05, 3.63) is 58.9 Å². The van der Waals surface area contributed by atoms with Crippen molar-refractivity contribution in [1.29, 1.82) is 0 Å². The highest BCUT2D eigenvalue weighted by Gasteiger charge is 2.26. The van der Waals surface area contributed by atoms with Gasteiger partial charge in [-0.2, -0.15) is 0 Å². The number of amides is 2. The van der Waals surface area contributed by atoms with Gasteiger partial charge in [-0.25, -0.2) is 0 Å². The number of nitrogens with zero attached hydrogens (tertiary/aromatic N) is 4. The number of hydrogen-bond acceptors (Lipinski definition) is 3. The molecule has 2 saturated heterocycles. The Balaban J connectivity index is 1.39. The topological polar surface area (TPSA) is 48.8 Å². The summed E-state index contributed by atoms with van der Waals surface area (Å²) in [7, 11) is 0. The molecule has 166 valence electrons. The zero-order chi connectivity index (χ0) is 21.8. The largest absolute Gasteiger partial charge is 0.344 e. The van der Waals surface area contributed by atoms with Crippen LogP contribution in [0.4, 0.5) is 0 Å². The molecule has 0 N–H and O–H groups in total. The molecular formula is C25H34N4O2. The number of aryl methyl sites for hydroxylation is 1. The van der Waals surface area contributed by atoms with Crippen LogP contribution in [0.2, 0.25) is 0 Å². The van der Waals surface area contributed by atoms with Crippen LogP contribution < -0.4 is 0 Å². The first kappa shape index (κ1) is 21.6. The molecule has 2 aliphatic rings. The molecule has 0 radical (unpaired) electrons. The van der Waals surface area contributed by atoms with Crippen molar-refractivity contribution in [3.63, 3.8) is 0 Å². The molecule has 0 bridgehead atoms. The van der Waals surface area contributed by atoms with Crippen LogP contribution in [0.25, 0.3) is 0 Å². The predicted octanol–water partition coefficient (Wildman–Crippen LogP) is 2.92. The summed E-state index contributed by atoms with van der Waals surface area (Å²) < 4.78 is 2.22. The molecule has 4 rings (SSSR count). The lowest BCUT2D eigenvalue weighted by atomic mass is 10.2. The summed E-state index contributed by atoms with van der Waals surface area (Å²) in [4.78, 5) is 32.0. The van der Waals surface area contributed by atoms with Crippen molar-refractivity contribution >= 4 is 11.8 Å². The molecule has 31 heavy (non-hydrogen) atoms. The monoisotopic (exact) mass is 422 g/mol. The first-order valence-electron chi connectivity index (χ1n) is 11.5. The van der Waals surface area contributed by atoms with E-state index in [0.717, 1.165) is 75.5 Å². The molecule has 3 heterocycles. The highest BCUT2D eigenvalue weighted by molar-refractivity contribution is 5.95. The van der Waals surface area contributed by atoms with Crippen LogP contribution in [-0.2, 0) is 11.3 Å². The number of hydrogen-bond donors (Lipinski definition) is 0. The lowest BCUT2D eigenvalue weighted by Gasteiger charge is -2.24. The van der Waals surface area contributed by atoms with E-state index in [1.165, 1.54) is 5.56 Å². The van der Waals surface area contributed by atoms with E-state index in [-0.39, 0.29) is 11.8 Å². The fraction of sp³-hybridized carbons (Fsp3) is 0.520. The van der Waals surface area contributed by atoms with E-state index >= 15 is 0 Å². The SMILES string of the molecule is Cc1cc(C(=O)N2CCCN(CC(=O)N3CCCC3)CC2)c(C)n1Cc1ccccc1. The van der Waals surface area contributed by atoms with Crippen molar-refractivity contribution in [2.24, 2.45) is 0 Å². The molecule has 2 aromatic rings. The molecule has 6 nitrogen and oxygen atoms in total. The lowest BCUT2D eigenvalue weighted by molar-refractivity contribution is -0.131. The normalized spacial score (nSPS) is 17.7. The number of rotatable bonds is 5. The van der Waals surface area contributed by atoms with Gasteiger partial charge < -0.3 is 14.4 Å². The molecule has 2 fully saturated rings. The third-order valence-electron chi connectivity index (χ3n) is 6.68. The van der Waals surface area contributed by atoms with E-state index < -0.39 is 0 Å². The van der Waals surface area contributed by atoms with Gasteiger partial charge in [0.1, 0.15) is 0 Å². The van der Waals surface area contributed by atoms with E-state index in [1.54, 1.807) is 0 Å². The molecular weight excluding hydrogens is 388 g/mol. The summed E-state index contributed by atoms with van der Waals surface area (Å²) >= 11 is 0. The fourth-order valence-electron chi connectivity index (χ4n) is 4.79. The van der Waals surface area contributed by atoms with Crippen LogP contribution in [0.5, 0.6) is 0 Å². The van der Waals surface area contributed by atoms with Gasteiger partial charge >= 0.3 is 0 Å². The van der Waals surface area contributed by atoms with Gasteiger partial charge in [-0.15, -0.1) is 0 Å². The standard InChI is InChI=1S/C25H34N4O2/c1-20-17-23(21(2)29(20)18-22-9-4-3-5-10-22)25(31)28-14-8-11-26(15-16-28)19-24(30)27-12-6-7-13-27/h3-5,9-10,17H,6-8,11-16,18-19H2,1-2H3. The van der Waals surface area contributed by atoms with Crippen LogP contribution in [-0.4, -0.2) is 76.9 Å². The Kier molecular flexibility index (Phi) is 6.76. The van der Waals surface area contributed by atoms with Gasteiger partial charge in [-0.3, -0.25) is 14.5 Å². The summed E-state index contributed by atoms with van der Waals surface area (Å²) in [6.45, 7) is 10.2. The first-order chi connectivity index (χ1) is 15.0. The van der Waals surface area contributed by atoms with Gasteiger partial charge in [0.05, 0.1) is 12.1 Å². The third-order valence-corrected chi connectivity index (χ3v) is 6.68. The van der Waals surface area contributed by atoms with Crippen molar-refractivity contribution in [2.45, 2.75) is 39.7 Å². The van der Waals surface area contributed by atoms with Gasteiger partial charge in [0.15, 0.2) is 0 Å². The highest BCUT2D eigenvalue weighted by atomic mass is 16.2. The zero-order valence-electron chi connectivity index (χ0n) is 18.8. The van der Waals surface area contributed by atoms with E-state index in [1.807, 2.05) is 41.0 Å². The van der Waals surface area contributed by atoms with Crippen LogP contribution in [0.1, 0.15) is 46.6 Å². The van der Waals surface area contributed by atoms with Crippen molar-refractivity contribution in [2.75, 3.05) is 45.8 Å². The van der Waals surface area contributed by atoms with E-state index in [0.29, 0.717) is 13.1 Å². The van der Waals surface area contributed by atoms with Gasteiger partial charge in [0.25, 0.3) is 5.91 Å². The van der Waals surface area contributed by atoms with Crippen LogP contribution in [0, 0.1) is 13.8 Å². The Morgan fingerprint density at radius 1 is 0.839 bits per heavy atom. The smallest absolute Gasteiger partial charge is 0.255 e. The molecule has 0 unspecified atom stereocenters. The molecule has 0 atom stereocenters. The molecule has 1 aromatic heterocycles. The van der Waals surface area contributed by atoms with Crippen LogP contribution >= 0.6 is 0 Å². The summed E-state index contributed by atoms with van der Waals surface area (Å²) in [6, 6.07) is 12.4. The number of likely N-dealkylation sites (tertiary alicyclic amines) is 1. The zero-order valence-corrected chi connectivity index (χ0v) is 18.8. The van der Waals surface area contributed by atoms with Crippen molar-refractivity contribution < 1.29 is 9.59 Å². The minimum Gasteiger partial charge on any atom is -0.344 e. The first-order valence-corrected chi connectivity index (χ1v) is 11.5. The Morgan fingerprint density at radius 2 is 1.55 bits per heavy atom. The average Bonchev–Trinajstić information content (AvgIpc) is 3.33. The minimum absolute atomic E-state index is 0.111. The Labute approximate surface area is 185 Å². The summed E-state index contributed by atoms with van der Waals surface area (Å²) in [6.07, 6.45) is 3.15. The second-order valence-electron chi connectivity index (χ2n) is 8.87. The molecule has 0 spiro atoms. The van der Waals surface area contributed by atoms with E-state index in [9.17, 15) is 9.59 Å². The summed E-state index contributed by atoms with van der Waals surface area (Å²) in [5, 5.41) is 0. The van der Waals surface area contributed by atoms with Crippen molar-refractivity contribution in [3.8, 4) is 0 Å². The minimum atomic E-state index is 0.111. The maximum atomic E-state index is 13.3. The Bertz CT molecular complexity index is 915. The number of benzene rings is 1. The van der Waals surface area contributed by atoms with Gasteiger partial charge in [-0.05, 0) is 44.7 Å². The van der Waals surface area contributed by atoms with Crippen molar-refractivity contribution in [1.82, 2.24) is 19.3 Å². The maximum absolute atomic E-state index is 13.3. The highest BCUT2D eigenvalue weighted by Crippen LogP contribution is 2.20. The molecule has 0 saturated carbocycles. The second-order valence-corrected chi connectivity index (χ2v) is 8.87. The van der Waals surface area contributed by atoms with Gasteiger partial charge in [0.2, 0.25) is 5.91 Å². The molecule has 1 aromatic carbocycles. The Morgan fingerprint density at radius 3 is 2.29 bits per heavy atom.